The monoisotopic (exact) mass is 497 g/mol. The molecule has 0 radical (unpaired) electrons. The summed E-state index contributed by atoms with van der Waals surface area (Å²) in [6.45, 7) is 1.60. The Morgan fingerprint density at radius 3 is 2.39 bits per heavy atom. The van der Waals surface area contributed by atoms with Gasteiger partial charge in [0.25, 0.3) is 5.92 Å². The number of hydrogen-bond donors (Lipinski definition) is 1. The van der Waals surface area contributed by atoms with Gasteiger partial charge in [0.15, 0.2) is 0 Å². The predicted octanol–water partition coefficient (Wildman–Crippen LogP) is 5.27. The minimum atomic E-state index is -2.98. The van der Waals surface area contributed by atoms with E-state index in [4.69, 9.17) is 0 Å². The van der Waals surface area contributed by atoms with E-state index in [0.29, 0.717) is 5.69 Å². The SMILES string of the molecule is CCC(F)(F)c1cccc(Nc2nc(=O)n(C3CCCCC3)c(=O)n2Cc2ccc(N(C)C)cc2)c1. The molecule has 1 aliphatic carbocycles. The second-order valence-corrected chi connectivity index (χ2v) is 9.57. The first-order chi connectivity index (χ1) is 17.2. The van der Waals surface area contributed by atoms with Crippen molar-refractivity contribution in [2.24, 2.45) is 0 Å². The highest BCUT2D eigenvalue weighted by Crippen LogP contribution is 2.33. The highest BCUT2D eigenvalue weighted by Gasteiger charge is 2.29. The maximum Gasteiger partial charge on any atom is 0.355 e. The van der Waals surface area contributed by atoms with Crippen LogP contribution in [0, 0.1) is 0 Å². The fourth-order valence-electron chi connectivity index (χ4n) is 4.64. The maximum atomic E-state index is 14.3. The zero-order valence-corrected chi connectivity index (χ0v) is 21.0. The average Bonchev–Trinajstić information content (AvgIpc) is 2.87. The van der Waals surface area contributed by atoms with Gasteiger partial charge in [0.2, 0.25) is 5.95 Å². The molecule has 0 saturated heterocycles. The van der Waals surface area contributed by atoms with Crippen molar-refractivity contribution in [1.82, 2.24) is 14.1 Å². The Morgan fingerprint density at radius 2 is 1.75 bits per heavy atom. The normalized spacial score (nSPS) is 14.6. The fraction of sp³-hybridized carbons (Fsp3) is 0.444. The molecule has 0 aliphatic heterocycles. The van der Waals surface area contributed by atoms with E-state index in [1.807, 2.05) is 43.3 Å². The van der Waals surface area contributed by atoms with Crippen molar-refractivity contribution in [1.29, 1.82) is 0 Å². The van der Waals surface area contributed by atoms with Gasteiger partial charge in [-0.2, -0.15) is 4.98 Å². The van der Waals surface area contributed by atoms with Gasteiger partial charge in [-0.15, -0.1) is 0 Å². The minimum absolute atomic E-state index is 0.0331. The van der Waals surface area contributed by atoms with Gasteiger partial charge < -0.3 is 10.2 Å². The van der Waals surface area contributed by atoms with E-state index >= 15 is 0 Å². The van der Waals surface area contributed by atoms with E-state index in [0.717, 1.165) is 43.4 Å². The first kappa shape index (κ1) is 25.6. The van der Waals surface area contributed by atoms with Gasteiger partial charge in [0, 0.05) is 43.5 Å². The van der Waals surface area contributed by atoms with Crippen molar-refractivity contribution < 1.29 is 8.78 Å². The molecule has 0 unspecified atom stereocenters. The van der Waals surface area contributed by atoms with Crippen molar-refractivity contribution >= 4 is 17.3 Å². The largest absolute Gasteiger partial charge is 0.378 e. The minimum Gasteiger partial charge on any atom is -0.378 e. The third kappa shape index (κ3) is 5.50. The molecular formula is C27H33F2N5O2. The van der Waals surface area contributed by atoms with Crippen LogP contribution in [0.1, 0.15) is 62.6 Å². The van der Waals surface area contributed by atoms with Crippen LogP contribution in [0.15, 0.2) is 58.1 Å². The summed E-state index contributed by atoms with van der Waals surface area (Å²) in [6, 6.07) is 13.4. The van der Waals surface area contributed by atoms with Crippen molar-refractivity contribution in [3.05, 3.63) is 80.6 Å². The van der Waals surface area contributed by atoms with Gasteiger partial charge in [-0.1, -0.05) is 50.5 Å². The van der Waals surface area contributed by atoms with E-state index in [1.54, 1.807) is 6.07 Å². The van der Waals surface area contributed by atoms with E-state index in [9.17, 15) is 18.4 Å². The van der Waals surface area contributed by atoms with E-state index in [2.05, 4.69) is 10.3 Å². The Hall–Kier alpha value is -3.49. The molecule has 1 saturated carbocycles. The first-order valence-electron chi connectivity index (χ1n) is 12.4. The lowest BCUT2D eigenvalue weighted by Gasteiger charge is -2.24. The molecular weight excluding hydrogens is 464 g/mol. The Labute approximate surface area is 209 Å². The second kappa shape index (κ2) is 10.6. The van der Waals surface area contributed by atoms with Crippen LogP contribution < -0.4 is 21.6 Å². The number of hydrogen-bond acceptors (Lipinski definition) is 5. The second-order valence-electron chi connectivity index (χ2n) is 9.57. The molecule has 36 heavy (non-hydrogen) atoms. The highest BCUT2D eigenvalue weighted by atomic mass is 19.3. The molecule has 1 N–H and O–H groups in total. The third-order valence-electron chi connectivity index (χ3n) is 6.82. The molecule has 1 heterocycles. The number of nitrogens with one attached hydrogen (secondary N) is 1. The Morgan fingerprint density at radius 1 is 1.06 bits per heavy atom. The van der Waals surface area contributed by atoms with Gasteiger partial charge in [-0.05, 0) is 42.7 Å². The molecule has 1 fully saturated rings. The quantitative estimate of drug-likeness (QED) is 0.459. The van der Waals surface area contributed by atoms with E-state index in [1.165, 1.54) is 34.3 Å². The number of halogens is 2. The zero-order valence-electron chi connectivity index (χ0n) is 21.0. The summed E-state index contributed by atoms with van der Waals surface area (Å²) >= 11 is 0. The van der Waals surface area contributed by atoms with Crippen molar-refractivity contribution in [3.8, 4) is 0 Å². The molecule has 1 aromatic heterocycles. The standard InChI is InChI=1S/C27H33F2N5O2/c1-4-27(28,29)20-9-8-10-21(17-20)30-24-31-25(35)34(23-11-6-5-7-12-23)26(36)33(24)18-19-13-15-22(16-14-19)32(2)3/h8-10,13-17,23H,4-7,11-12,18H2,1-3H3,(H,30,31,35). The number of benzene rings is 2. The van der Waals surface area contributed by atoms with Crippen LogP contribution >= 0.6 is 0 Å². The van der Waals surface area contributed by atoms with Crippen molar-refractivity contribution in [2.45, 2.75) is 64.0 Å². The molecule has 0 amide bonds. The molecule has 9 heteroatoms. The van der Waals surface area contributed by atoms with Gasteiger partial charge in [-0.3, -0.25) is 4.57 Å². The number of alkyl halides is 2. The summed E-state index contributed by atoms with van der Waals surface area (Å²) in [5, 5.41) is 2.97. The van der Waals surface area contributed by atoms with Crippen LogP contribution in [0.4, 0.5) is 26.1 Å². The lowest BCUT2D eigenvalue weighted by atomic mass is 9.95. The van der Waals surface area contributed by atoms with Gasteiger partial charge >= 0.3 is 11.4 Å². The lowest BCUT2D eigenvalue weighted by Crippen LogP contribution is -2.45. The van der Waals surface area contributed by atoms with Crippen molar-refractivity contribution in [3.63, 3.8) is 0 Å². The summed E-state index contributed by atoms with van der Waals surface area (Å²) in [6.07, 6.45) is 4.19. The summed E-state index contributed by atoms with van der Waals surface area (Å²) in [5.41, 5.74) is 0.994. The van der Waals surface area contributed by atoms with Crippen molar-refractivity contribution in [2.75, 3.05) is 24.3 Å². The number of anilines is 3. The third-order valence-corrected chi connectivity index (χ3v) is 6.82. The summed E-state index contributed by atoms with van der Waals surface area (Å²) in [5.74, 6) is -2.95. The maximum absolute atomic E-state index is 14.3. The van der Waals surface area contributed by atoms with Crippen LogP contribution in [-0.4, -0.2) is 28.2 Å². The predicted molar refractivity (Wildman–Crippen MR) is 139 cm³/mol. The lowest BCUT2D eigenvalue weighted by molar-refractivity contribution is -0.00823. The average molecular weight is 498 g/mol. The Balaban J connectivity index is 1.77. The highest BCUT2D eigenvalue weighted by molar-refractivity contribution is 5.55. The molecule has 7 nitrogen and oxygen atoms in total. The first-order valence-corrected chi connectivity index (χ1v) is 12.4. The van der Waals surface area contributed by atoms with Gasteiger partial charge in [0.1, 0.15) is 0 Å². The van der Waals surface area contributed by atoms with E-state index in [-0.39, 0.29) is 30.5 Å². The van der Waals surface area contributed by atoms with Crippen LogP contribution in [0.2, 0.25) is 0 Å². The van der Waals surface area contributed by atoms with E-state index < -0.39 is 17.3 Å². The molecule has 0 atom stereocenters. The van der Waals surface area contributed by atoms with Crippen LogP contribution in [0.25, 0.3) is 0 Å². The van der Waals surface area contributed by atoms with Gasteiger partial charge in [-0.25, -0.2) is 22.9 Å². The topological polar surface area (TPSA) is 72.2 Å². The molecule has 0 spiro atoms. The molecule has 1 aliphatic rings. The van der Waals surface area contributed by atoms with Crippen LogP contribution in [0.5, 0.6) is 0 Å². The van der Waals surface area contributed by atoms with Crippen LogP contribution in [0.3, 0.4) is 0 Å². The molecule has 4 rings (SSSR count). The molecule has 3 aromatic rings. The Bertz CT molecular complexity index is 1310. The molecule has 2 aromatic carbocycles. The summed E-state index contributed by atoms with van der Waals surface area (Å²) < 4.78 is 31.3. The molecule has 192 valence electrons. The smallest absolute Gasteiger partial charge is 0.355 e. The summed E-state index contributed by atoms with van der Waals surface area (Å²) in [4.78, 5) is 32.9. The molecule has 0 bridgehead atoms. The number of rotatable bonds is 8. The fourth-order valence-corrected chi connectivity index (χ4v) is 4.64. The summed E-state index contributed by atoms with van der Waals surface area (Å²) in [7, 11) is 3.89. The van der Waals surface area contributed by atoms with Crippen LogP contribution in [-0.2, 0) is 12.5 Å². The Kier molecular flexibility index (Phi) is 7.56. The number of aromatic nitrogens is 3. The van der Waals surface area contributed by atoms with Gasteiger partial charge in [0.05, 0.1) is 6.54 Å². The zero-order chi connectivity index (χ0) is 25.9. The number of nitrogens with zero attached hydrogens (tertiary/aromatic N) is 4.